The second-order valence-corrected chi connectivity index (χ2v) is 5.06. The molecular weight excluding hydrogens is 283 g/mol. The van der Waals surface area contributed by atoms with Gasteiger partial charge in [-0.3, -0.25) is 4.79 Å². The highest BCUT2D eigenvalue weighted by Gasteiger charge is 2.05. The number of carbonyl (C=O) groups is 1. The Morgan fingerprint density at radius 3 is 2.95 bits per heavy atom. The third-order valence-electron chi connectivity index (χ3n) is 3.39. The summed E-state index contributed by atoms with van der Waals surface area (Å²) in [5, 5.41) is 2.83. The predicted octanol–water partition coefficient (Wildman–Crippen LogP) is 2.87. The highest BCUT2D eigenvalue weighted by molar-refractivity contribution is 5.78. The number of hydrogen-bond donors (Lipinski definition) is 1. The summed E-state index contributed by atoms with van der Waals surface area (Å²) < 4.78 is 18.3. The number of fused-ring (bicyclic) bond motifs is 1. The van der Waals surface area contributed by atoms with Crippen LogP contribution in [0.3, 0.4) is 0 Å². The molecule has 1 heterocycles. The van der Waals surface area contributed by atoms with Gasteiger partial charge in [0.2, 0.25) is 5.91 Å². The summed E-state index contributed by atoms with van der Waals surface area (Å²) in [6.45, 7) is 0.522. The SMILES string of the molecule is O=C(Cc1cccc(F)c1)NCCc1ccc2ncoc2c1. The monoisotopic (exact) mass is 298 g/mol. The molecule has 0 aliphatic carbocycles. The number of nitrogens with one attached hydrogen (secondary N) is 1. The number of aromatic nitrogens is 1. The van der Waals surface area contributed by atoms with Gasteiger partial charge in [0.05, 0.1) is 6.42 Å². The van der Waals surface area contributed by atoms with E-state index in [9.17, 15) is 9.18 Å². The van der Waals surface area contributed by atoms with Gasteiger partial charge in [-0.15, -0.1) is 0 Å². The van der Waals surface area contributed by atoms with Gasteiger partial charge in [0, 0.05) is 6.54 Å². The van der Waals surface area contributed by atoms with Crippen LogP contribution in [0.15, 0.2) is 53.3 Å². The molecule has 0 fully saturated rings. The standard InChI is InChI=1S/C17H15FN2O2/c18-14-3-1-2-13(8-14)10-17(21)19-7-6-12-4-5-15-16(9-12)22-11-20-15/h1-5,8-9,11H,6-7,10H2,(H,19,21). The van der Waals surface area contributed by atoms with E-state index < -0.39 is 0 Å². The van der Waals surface area contributed by atoms with Crippen LogP contribution >= 0.6 is 0 Å². The first-order chi connectivity index (χ1) is 10.7. The molecule has 3 aromatic rings. The Hall–Kier alpha value is -2.69. The molecule has 1 amide bonds. The smallest absolute Gasteiger partial charge is 0.224 e. The normalized spacial score (nSPS) is 10.8. The number of carbonyl (C=O) groups excluding carboxylic acids is 1. The maximum atomic E-state index is 13.0. The summed E-state index contributed by atoms with van der Waals surface area (Å²) in [5.41, 5.74) is 3.29. The van der Waals surface area contributed by atoms with Crippen molar-refractivity contribution >= 4 is 17.0 Å². The molecule has 3 rings (SSSR count). The second kappa shape index (κ2) is 6.39. The van der Waals surface area contributed by atoms with Crippen molar-refractivity contribution in [2.24, 2.45) is 0 Å². The number of hydrogen-bond acceptors (Lipinski definition) is 3. The zero-order valence-electron chi connectivity index (χ0n) is 11.9. The van der Waals surface area contributed by atoms with Gasteiger partial charge in [0.1, 0.15) is 11.3 Å². The van der Waals surface area contributed by atoms with Crippen molar-refractivity contribution in [2.75, 3.05) is 6.54 Å². The lowest BCUT2D eigenvalue weighted by Gasteiger charge is -2.06. The van der Waals surface area contributed by atoms with Crippen LogP contribution in [0.1, 0.15) is 11.1 Å². The van der Waals surface area contributed by atoms with Gasteiger partial charge < -0.3 is 9.73 Å². The molecule has 0 aliphatic rings. The van der Waals surface area contributed by atoms with Crippen LogP contribution < -0.4 is 5.32 Å². The Bertz CT molecular complexity index is 798. The Kier molecular flexibility index (Phi) is 4.14. The lowest BCUT2D eigenvalue weighted by Crippen LogP contribution is -2.27. The van der Waals surface area contributed by atoms with Crippen LogP contribution in [0.4, 0.5) is 4.39 Å². The van der Waals surface area contributed by atoms with Crippen LogP contribution in [0, 0.1) is 5.82 Å². The molecular formula is C17H15FN2O2. The zero-order valence-corrected chi connectivity index (χ0v) is 11.9. The van der Waals surface area contributed by atoms with Crippen LogP contribution in [0.25, 0.3) is 11.1 Å². The minimum absolute atomic E-state index is 0.119. The Labute approximate surface area is 127 Å². The molecule has 4 nitrogen and oxygen atoms in total. The van der Waals surface area contributed by atoms with Crippen LogP contribution in [0.2, 0.25) is 0 Å². The Morgan fingerprint density at radius 1 is 1.18 bits per heavy atom. The fraction of sp³-hybridized carbons (Fsp3) is 0.176. The third kappa shape index (κ3) is 3.49. The van der Waals surface area contributed by atoms with E-state index >= 15 is 0 Å². The molecule has 0 bridgehead atoms. The van der Waals surface area contributed by atoms with E-state index in [0.29, 0.717) is 18.5 Å². The molecule has 0 spiro atoms. The molecule has 1 N–H and O–H groups in total. The van der Waals surface area contributed by atoms with Crippen molar-refractivity contribution in [3.63, 3.8) is 0 Å². The van der Waals surface area contributed by atoms with Gasteiger partial charge >= 0.3 is 0 Å². The fourth-order valence-corrected chi connectivity index (χ4v) is 2.30. The molecule has 0 aliphatic heterocycles. The molecule has 1 aromatic heterocycles. The van der Waals surface area contributed by atoms with E-state index in [1.807, 2.05) is 18.2 Å². The molecule has 5 heteroatoms. The van der Waals surface area contributed by atoms with Crippen molar-refractivity contribution < 1.29 is 13.6 Å². The largest absolute Gasteiger partial charge is 0.443 e. The van der Waals surface area contributed by atoms with E-state index in [0.717, 1.165) is 16.7 Å². The third-order valence-corrected chi connectivity index (χ3v) is 3.39. The van der Waals surface area contributed by atoms with Gasteiger partial charge in [-0.2, -0.15) is 0 Å². The maximum Gasteiger partial charge on any atom is 0.224 e. The molecule has 0 radical (unpaired) electrons. The summed E-state index contributed by atoms with van der Waals surface area (Å²) >= 11 is 0. The Morgan fingerprint density at radius 2 is 2.09 bits per heavy atom. The van der Waals surface area contributed by atoms with Gasteiger partial charge in [-0.05, 0) is 41.8 Å². The first-order valence-corrected chi connectivity index (χ1v) is 7.04. The highest BCUT2D eigenvalue weighted by atomic mass is 19.1. The summed E-state index contributed by atoms with van der Waals surface area (Å²) in [6, 6.07) is 11.8. The van der Waals surface area contributed by atoms with E-state index in [1.165, 1.54) is 18.5 Å². The van der Waals surface area contributed by atoms with Crippen molar-refractivity contribution in [1.82, 2.24) is 10.3 Å². The number of amides is 1. The van der Waals surface area contributed by atoms with Gasteiger partial charge in [0.25, 0.3) is 0 Å². The molecule has 112 valence electrons. The topological polar surface area (TPSA) is 55.1 Å². The number of rotatable bonds is 5. The van der Waals surface area contributed by atoms with E-state index in [4.69, 9.17) is 4.42 Å². The van der Waals surface area contributed by atoms with Crippen molar-refractivity contribution in [3.05, 3.63) is 65.8 Å². The molecule has 0 saturated heterocycles. The maximum absolute atomic E-state index is 13.0. The number of benzene rings is 2. The first-order valence-electron chi connectivity index (χ1n) is 7.04. The van der Waals surface area contributed by atoms with Crippen molar-refractivity contribution in [1.29, 1.82) is 0 Å². The minimum atomic E-state index is -0.328. The fourth-order valence-electron chi connectivity index (χ4n) is 2.30. The van der Waals surface area contributed by atoms with E-state index in [1.54, 1.807) is 12.1 Å². The van der Waals surface area contributed by atoms with Crippen LogP contribution in [-0.4, -0.2) is 17.4 Å². The number of oxazole rings is 1. The zero-order chi connectivity index (χ0) is 15.4. The molecule has 0 unspecified atom stereocenters. The average molecular weight is 298 g/mol. The Balaban J connectivity index is 1.50. The summed E-state index contributed by atoms with van der Waals surface area (Å²) in [6.07, 6.45) is 2.29. The number of halogens is 1. The van der Waals surface area contributed by atoms with E-state index in [2.05, 4.69) is 10.3 Å². The lowest BCUT2D eigenvalue weighted by atomic mass is 10.1. The molecule has 0 saturated carbocycles. The van der Waals surface area contributed by atoms with Gasteiger partial charge in [-0.25, -0.2) is 9.37 Å². The van der Waals surface area contributed by atoms with Crippen molar-refractivity contribution in [2.45, 2.75) is 12.8 Å². The lowest BCUT2D eigenvalue weighted by molar-refractivity contribution is -0.120. The van der Waals surface area contributed by atoms with Gasteiger partial charge in [0.15, 0.2) is 12.0 Å². The van der Waals surface area contributed by atoms with Crippen LogP contribution in [0.5, 0.6) is 0 Å². The molecule has 22 heavy (non-hydrogen) atoms. The van der Waals surface area contributed by atoms with Crippen molar-refractivity contribution in [3.8, 4) is 0 Å². The van der Waals surface area contributed by atoms with Gasteiger partial charge in [-0.1, -0.05) is 18.2 Å². The van der Waals surface area contributed by atoms with E-state index in [-0.39, 0.29) is 18.1 Å². The molecule has 0 atom stereocenters. The average Bonchev–Trinajstić information content (AvgIpc) is 2.95. The van der Waals surface area contributed by atoms with Crippen LogP contribution in [-0.2, 0) is 17.6 Å². The summed E-state index contributed by atoms with van der Waals surface area (Å²) in [5.74, 6) is -0.447. The second-order valence-electron chi connectivity index (χ2n) is 5.06. The summed E-state index contributed by atoms with van der Waals surface area (Å²) in [7, 11) is 0. The first kappa shape index (κ1) is 14.3. The minimum Gasteiger partial charge on any atom is -0.443 e. The predicted molar refractivity (Wildman–Crippen MR) is 80.8 cm³/mol. The quantitative estimate of drug-likeness (QED) is 0.788. The number of nitrogens with zero attached hydrogens (tertiary/aromatic N) is 1. The molecule has 2 aromatic carbocycles. The summed E-state index contributed by atoms with van der Waals surface area (Å²) in [4.78, 5) is 15.9. The highest BCUT2D eigenvalue weighted by Crippen LogP contribution is 2.14.